The first-order valence-corrected chi connectivity index (χ1v) is 15.2. The van der Waals surface area contributed by atoms with E-state index in [0.717, 1.165) is 0 Å². The lowest BCUT2D eigenvalue weighted by Crippen LogP contribution is -2.61. The highest BCUT2D eigenvalue weighted by atomic mass is 16.2. The topological polar surface area (TPSA) is 274 Å². The molecule has 16 nitrogen and oxygen atoms in total. The van der Waals surface area contributed by atoms with Crippen molar-refractivity contribution < 1.29 is 24.0 Å². The van der Waals surface area contributed by atoms with Gasteiger partial charge in [0, 0.05) is 31.6 Å². The summed E-state index contributed by atoms with van der Waals surface area (Å²) in [4.78, 5) is 70.1. The first-order valence-electron chi connectivity index (χ1n) is 15.2. The van der Waals surface area contributed by atoms with E-state index in [0.29, 0.717) is 76.6 Å². The number of nitrogens with two attached hydrogens (primary N) is 4. The number of benzene rings is 1. The zero-order valence-corrected chi connectivity index (χ0v) is 25.6. The maximum absolute atomic E-state index is 12.9. The lowest BCUT2D eigenvalue weighted by molar-refractivity contribution is -0.137. The van der Waals surface area contributed by atoms with Gasteiger partial charge in [0.1, 0.15) is 18.1 Å². The highest BCUT2D eigenvalue weighted by molar-refractivity contribution is 5.98. The molecule has 1 aliphatic heterocycles. The van der Waals surface area contributed by atoms with E-state index in [4.69, 9.17) is 22.9 Å². The number of nitrogens with one attached hydrogen (secondary N) is 5. The van der Waals surface area contributed by atoms with E-state index in [9.17, 15) is 24.0 Å². The SMILES string of the molecule is NC(N)=NCCC[C@H](NC(=O)c1ccccc1)C(=O)NCCCC[C@@H]1NC(=O)[C@H](CCCCNC(=O)CCN=C(N)N)NC1=O. The second-order valence-electron chi connectivity index (χ2n) is 10.7. The molecule has 13 N–H and O–H groups in total. The number of amides is 5. The molecule has 0 spiro atoms. The van der Waals surface area contributed by atoms with E-state index in [1.165, 1.54) is 0 Å². The molecular weight excluding hydrogens is 582 g/mol. The minimum absolute atomic E-state index is 0.0431. The van der Waals surface area contributed by atoms with Crippen molar-refractivity contribution in [1.82, 2.24) is 26.6 Å². The van der Waals surface area contributed by atoms with Gasteiger partial charge in [0.25, 0.3) is 5.91 Å². The monoisotopic (exact) mass is 629 g/mol. The molecule has 5 amide bonds. The third kappa shape index (κ3) is 14.9. The van der Waals surface area contributed by atoms with Crippen molar-refractivity contribution in [2.24, 2.45) is 32.9 Å². The summed E-state index contributed by atoms with van der Waals surface area (Å²) in [6.45, 7) is 1.32. The Morgan fingerprint density at radius 3 is 1.89 bits per heavy atom. The van der Waals surface area contributed by atoms with Crippen molar-refractivity contribution in [1.29, 1.82) is 0 Å². The number of carbonyl (C=O) groups is 5. The Bertz CT molecular complexity index is 1180. The lowest BCUT2D eigenvalue weighted by Gasteiger charge is -2.29. The predicted molar refractivity (Wildman–Crippen MR) is 170 cm³/mol. The summed E-state index contributed by atoms with van der Waals surface area (Å²) in [5.74, 6) is -1.46. The van der Waals surface area contributed by atoms with Crippen molar-refractivity contribution in [3.05, 3.63) is 35.9 Å². The Morgan fingerprint density at radius 2 is 1.31 bits per heavy atom. The van der Waals surface area contributed by atoms with E-state index in [2.05, 4.69) is 36.6 Å². The van der Waals surface area contributed by atoms with Crippen LogP contribution in [-0.2, 0) is 19.2 Å². The van der Waals surface area contributed by atoms with Gasteiger partial charge in [-0.3, -0.25) is 34.0 Å². The van der Waals surface area contributed by atoms with Crippen LogP contribution in [-0.4, -0.2) is 85.8 Å². The second-order valence-corrected chi connectivity index (χ2v) is 10.7. The molecule has 45 heavy (non-hydrogen) atoms. The normalized spacial score (nSPS) is 16.4. The van der Waals surface area contributed by atoms with Gasteiger partial charge in [-0.25, -0.2) is 0 Å². The minimum Gasteiger partial charge on any atom is -0.370 e. The molecular formula is C29H47N11O5. The molecule has 2 rings (SSSR count). The fourth-order valence-electron chi connectivity index (χ4n) is 4.57. The molecule has 3 atom stereocenters. The van der Waals surface area contributed by atoms with E-state index in [1.54, 1.807) is 30.3 Å². The Labute approximate surface area is 263 Å². The van der Waals surface area contributed by atoms with Gasteiger partial charge < -0.3 is 49.5 Å². The van der Waals surface area contributed by atoms with Gasteiger partial charge in [-0.05, 0) is 63.5 Å². The fraction of sp³-hybridized carbons (Fsp3) is 0.552. The molecule has 1 fully saturated rings. The molecule has 1 heterocycles. The van der Waals surface area contributed by atoms with Gasteiger partial charge in [-0.1, -0.05) is 18.2 Å². The summed E-state index contributed by atoms with van der Waals surface area (Å²) in [6.07, 6.45) is 4.31. The van der Waals surface area contributed by atoms with Crippen LogP contribution < -0.4 is 49.5 Å². The van der Waals surface area contributed by atoms with E-state index in [-0.39, 0.29) is 54.4 Å². The predicted octanol–water partition coefficient (Wildman–Crippen LogP) is -1.94. The Hall–Kier alpha value is -4.89. The quantitative estimate of drug-likeness (QED) is 0.0440. The van der Waals surface area contributed by atoms with Crippen LogP contribution in [0.25, 0.3) is 0 Å². The minimum atomic E-state index is -0.778. The van der Waals surface area contributed by atoms with Crippen molar-refractivity contribution in [2.45, 2.75) is 75.9 Å². The molecule has 0 radical (unpaired) electrons. The van der Waals surface area contributed by atoms with Crippen LogP contribution in [0.1, 0.15) is 68.1 Å². The number of hydrogen-bond acceptors (Lipinski definition) is 7. The summed E-state index contributed by atoms with van der Waals surface area (Å²) >= 11 is 0. The number of hydrogen-bond donors (Lipinski definition) is 9. The van der Waals surface area contributed by atoms with Gasteiger partial charge in [0.05, 0.1) is 6.54 Å². The van der Waals surface area contributed by atoms with Crippen LogP contribution in [0.5, 0.6) is 0 Å². The van der Waals surface area contributed by atoms with E-state index < -0.39 is 18.1 Å². The first kappa shape index (κ1) is 36.3. The molecule has 0 saturated carbocycles. The van der Waals surface area contributed by atoms with Gasteiger partial charge in [0.15, 0.2) is 11.9 Å². The smallest absolute Gasteiger partial charge is 0.251 e. The molecule has 0 bridgehead atoms. The van der Waals surface area contributed by atoms with Crippen LogP contribution in [0.15, 0.2) is 40.3 Å². The summed E-state index contributed by atoms with van der Waals surface area (Å²) in [5, 5.41) is 13.9. The Balaban J connectivity index is 1.68. The summed E-state index contributed by atoms with van der Waals surface area (Å²) < 4.78 is 0. The average Bonchev–Trinajstić information content (AvgIpc) is 3.00. The zero-order valence-electron chi connectivity index (χ0n) is 25.6. The zero-order chi connectivity index (χ0) is 33.0. The highest BCUT2D eigenvalue weighted by Gasteiger charge is 2.32. The molecule has 16 heteroatoms. The summed E-state index contributed by atoms with van der Waals surface area (Å²) in [6, 6.07) is 6.55. The number of nitrogens with zero attached hydrogens (tertiary/aromatic N) is 2. The highest BCUT2D eigenvalue weighted by Crippen LogP contribution is 2.10. The lowest BCUT2D eigenvalue weighted by atomic mass is 10.0. The maximum Gasteiger partial charge on any atom is 0.251 e. The third-order valence-electron chi connectivity index (χ3n) is 6.96. The number of guanidine groups is 2. The standard InChI is InChI=1S/C29H47N11O5/c30-28(31)36-17-8-13-20(38-24(42)19-9-2-1-3-10-19)25(43)35-16-7-5-12-22-27(45)39-21(26(44)40-22)11-4-6-15-34-23(41)14-18-37-29(32)33/h1-3,9-10,20-22H,4-8,11-18H2,(H,34,41)(H,35,43)(H,38,42)(H,39,45)(H,40,44)(H4,30,31,36)(H4,32,33,37)/t20-,21-,22-/m0/s1. The molecule has 0 aromatic heterocycles. The molecule has 0 unspecified atom stereocenters. The summed E-state index contributed by atoms with van der Waals surface area (Å²) in [5.41, 5.74) is 21.6. The molecule has 1 aromatic rings. The number of piperazine rings is 1. The molecule has 248 valence electrons. The van der Waals surface area contributed by atoms with Crippen molar-refractivity contribution in [2.75, 3.05) is 26.2 Å². The second kappa shape index (κ2) is 20.1. The fourth-order valence-corrected chi connectivity index (χ4v) is 4.57. The third-order valence-corrected chi connectivity index (χ3v) is 6.96. The number of rotatable bonds is 20. The average molecular weight is 630 g/mol. The number of aliphatic imine (C=N–C) groups is 2. The van der Waals surface area contributed by atoms with Gasteiger partial charge in [-0.15, -0.1) is 0 Å². The molecule has 1 saturated heterocycles. The van der Waals surface area contributed by atoms with Crippen LogP contribution >= 0.6 is 0 Å². The van der Waals surface area contributed by atoms with Gasteiger partial charge >= 0.3 is 0 Å². The van der Waals surface area contributed by atoms with Gasteiger partial charge in [-0.2, -0.15) is 0 Å². The molecule has 0 aliphatic carbocycles. The van der Waals surface area contributed by atoms with Crippen molar-refractivity contribution >= 4 is 41.5 Å². The Kier molecular flexibility index (Phi) is 16.2. The van der Waals surface area contributed by atoms with Crippen LogP contribution in [0.2, 0.25) is 0 Å². The molecule has 1 aromatic carbocycles. The Morgan fingerprint density at radius 1 is 0.756 bits per heavy atom. The van der Waals surface area contributed by atoms with Crippen LogP contribution in [0.4, 0.5) is 0 Å². The first-order chi connectivity index (χ1) is 21.6. The van der Waals surface area contributed by atoms with Crippen LogP contribution in [0, 0.1) is 0 Å². The van der Waals surface area contributed by atoms with Crippen molar-refractivity contribution in [3.63, 3.8) is 0 Å². The van der Waals surface area contributed by atoms with E-state index >= 15 is 0 Å². The summed E-state index contributed by atoms with van der Waals surface area (Å²) in [7, 11) is 0. The largest absolute Gasteiger partial charge is 0.370 e. The van der Waals surface area contributed by atoms with Crippen molar-refractivity contribution in [3.8, 4) is 0 Å². The number of carbonyl (C=O) groups excluding carboxylic acids is 5. The van der Waals surface area contributed by atoms with E-state index in [1.807, 2.05) is 0 Å². The molecule has 1 aliphatic rings. The number of unbranched alkanes of at least 4 members (excludes halogenated alkanes) is 2. The maximum atomic E-state index is 12.9. The van der Waals surface area contributed by atoms with Gasteiger partial charge in [0.2, 0.25) is 23.6 Å². The van der Waals surface area contributed by atoms with Crippen LogP contribution in [0.3, 0.4) is 0 Å².